The van der Waals surface area contributed by atoms with Gasteiger partial charge in [0.15, 0.2) is 0 Å². The zero-order chi connectivity index (χ0) is 10.8. The van der Waals surface area contributed by atoms with E-state index in [9.17, 15) is 9.59 Å². The lowest BCUT2D eigenvalue weighted by atomic mass is 9.97. The van der Waals surface area contributed by atoms with E-state index in [0.717, 1.165) is 0 Å². The molecule has 1 aliphatic heterocycles. The highest BCUT2D eigenvalue weighted by Gasteiger charge is 2.30. The van der Waals surface area contributed by atoms with Crippen LogP contribution in [0.15, 0.2) is 0 Å². The number of carbonyl (C=O) groups is 2. The van der Waals surface area contributed by atoms with Crippen LogP contribution in [0.5, 0.6) is 0 Å². The molecule has 4 heteroatoms. The average molecular weight is 211 g/mol. The summed E-state index contributed by atoms with van der Waals surface area (Å²) in [5.74, 6) is -0.115. The second kappa shape index (κ2) is 4.21. The molecular weight excluding hydrogens is 194 g/mol. The molecule has 0 aromatic heterocycles. The largest absolute Gasteiger partial charge is 0.481 e. The van der Waals surface area contributed by atoms with Crippen LogP contribution < -0.4 is 0 Å². The molecule has 0 bridgehead atoms. The smallest absolute Gasteiger partial charge is 0.306 e. The summed E-state index contributed by atoms with van der Waals surface area (Å²) in [6, 6.07) is 0. The van der Waals surface area contributed by atoms with Crippen molar-refractivity contribution < 1.29 is 14.7 Å². The first-order chi connectivity index (χ1) is 7.16. The molecule has 1 aliphatic carbocycles. The third-order valence-corrected chi connectivity index (χ3v) is 3.36. The maximum absolute atomic E-state index is 11.7. The van der Waals surface area contributed by atoms with Gasteiger partial charge in [0.05, 0.1) is 5.92 Å². The number of nitrogens with zero attached hydrogens (tertiary/aromatic N) is 1. The third-order valence-electron chi connectivity index (χ3n) is 3.36. The summed E-state index contributed by atoms with van der Waals surface area (Å²) in [6.45, 7) is 1.26. The van der Waals surface area contributed by atoms with Gasteiger partial charge in [0, 0.05) is 19.5 Å². The van der Waals surface area contributed by atoms with Crippen molar-refractivity contribution >= 4 is 11.9 Å². The zero-order valence-electron chi connectivity index (χ0n) is 8.82. The maximum atomic E-state index is 11.7. The van der Waals surface area contributed by atoms with Gasteiger partial charge in [-0.2, -0.15) is 0 Å². The van der Waals surface area contributed by atoms with E-state index in [4.69, 9.17) is 5.11 Å². The van der Waals surface area contributed by atoms with Crippen molar-refractivity contribution in [2.75, 3.05) is 13.1 Å². The second-order valence-corrected chi connectivity index (χ2v) is 4.64. The Morgan fingerprint density at radius 3 is 2.20 bits per heavy atom. The van der Waals surface area contributed by atoms with Gasteiger partial charge in [0.2, 0.25) is 5.91 Å². The van der Waals surface area contributed by atoms with Gasteiger partial charge in [-0.05, 0) is 31.6 Å². The molecule has 0 atom stereocenters. The van der Waals surface area contributed by atoms with E-state index in [1.165, 1.54) is 12.8 Å². The van der Waals surface area contributed by atoms with Crippen LogP contribution >= 0.6 is 0 Å². The molecule has 2 fully saturated rings. The number of amides is 1. The minimum Gasteiger partial charge on any atom is -0.481 e. The number of hydrogen-bond donors (Lipinski definition) is 1. The average Bonchev–Trinajstić information content (AvgIpc) is 3.02. The van der Waals surface area contributed by atoms with Gasteiger partial charge < -0.3 is 10.0 Å². The number of hydrogen-bond acceptors (Lipinski definition) is 2. The van der Waals surface area contributed by atoms with Crippen LogP contribution in [0, 0.1) is 11.8 Å². The van der Waals surface area contributed by atoms with Crippen molar-refractivity contribution in [3.8, 4) is 0 Å². The molecule has 0 spiro atoms. The quantitative estimate of drug-likeness (QED) is 0.760. The predicted octanol–water partition coefficient (Wildman–Crippen LogP) is 1.11. The van der Waals surface area contributed by atoms with E-state index < -0.39 is 5.97 Å². The Morgan fingerprint density at radius 1 is 1.13 bits per heavy atom. The Balaban J connectivity index is 1.76. The molecule has 2 rings (SSSR count). The lowest BCUT2D eigenvalue weighted by Gasteiger charge is -2.30. The Bertz CT molecular complexity index is 265. The van der Waals surface area contributed by atoms with E-state index in [1.807, 2.05) is 4.90 Å². The summed E-state index contributed by atoms with van der Waals surface area (Å²) in [4.78, 5) is 24.2. The number of carbonyl (C=O) groups excluding carboxylic acids is 1. The topological polar surface area (TPSA) is 57.6 Å². The number of carboxylic acid groups (broad SMARTS) is 1. The van der Waals surface area contributed by atoms with E-state index in [0.29, 0.717) is 38.3 Å². The van der Waals surface area contributed by atoms with Gasteiger partial charge in [-0.3, -0.25) is 9.59 Å². The predicted molar refractivity (Wildman–Crippen MR) is 54.3 cm³/mol. The molecule has 1 heterocycles. The Morgan fingerprint density at radius 2 is 1.73 bits per heavy atom. The first-order valence-corrected chi connectivity index (χ1v) is 5.67. The molecule has 1 N–H and O–H groups in total. The standard InChI is InChI=1S/C11H17NO3/c13-10(7-8-1-2-8)12-5-3-9(4-6-12)11(14)15/h8-9H,1-7H2,(H,14,15). The van der Waals surface area contributed by atoms with Crippen molar-refractivity contribution in [1.29, 1.82) is 0 Å². The van der Waals surface area contributed by atoms with E-state index in [1.54, 1.807) is 0 Å². The molecule has 0 aromatic carbocycles. The Labute approximate surface area is 89.3 Å². The molecule has 2 aliphatic rings. The van der Waals surface area contributed by atoms with Crippen molar-refractivity contribution in [1.82, 2.24) is 4.90 Å². The number of aliphatic carboxylic acids is 1. The summed E-state index contributed by atoms with van der Waals surface area (Å²) in [5, 5.41) is 8.82. The van der Waals surface area contributed by atoms with Gasteiger partial charge in [0.1, 0.15) is 0 Å². The summed E-state index contributed by atoms with van der Waals surface area (Å²) in [6.07, 6.45) is 4.30. The minimum atomic E-state index is -0.718. The fraction of sp³-hybridized carbons (Fsp3) is 0.818. The number of carboxylic acids is 1. The molecular formula is C11H17NO3. The van der Waals surface area contributed by atoms with Gasteiger partial charge >= 0.3 is 5.97 Å². The first kappa shape index (κ1) is 10.5. The van der Waals surface area contributed by atoms with E-state index in [-0.39, 0.29) is 11.8 Å². The number of rotatable bonds is 3. The third kappa shape index (κ3) is 2.70. The molecule has 0 aromatic rings. The second-order valence-electron chi connectivity index (χ2n) is 4.64. The highest BCUT2D eigenvalue weighted by atomic mass is 16.4. The molecule has 15 heavy (non-hydrogen) atoms. The summed E-state index contributed by atoms with van der Waals surface area (Å²) in [5.41, 5.74) is 0. The van der Waals surface area contributed by atoms with Crippen LogP contribution in [0.4, 0.5) is 0 Å². The van der Waals surface area contributed by atoms with Crippen LogP contribution in [0.25, 0.3) is 0 Å². The molecule has 1 saturated carbocycles. The number of likely N-dealkylation sites (tertiary alicyclic amines) is 1. The van der Waals surface area contributed by atoms with Crippen molar-refractivity contribution in [2.24, 2.45) is 11.8 Å². The SMILES string of the molecule is O=C(O)C1CCN(C(=O)CC2CC2)CC1. The van der Waals surface area contributed by atoms with Gasteiger partial charge in [-0.15, -0.1) is 0 Å². The van der Waals surface area contributed by atoms with Crippen LogP contribution in [0.1, 0.15) is 32.1 Å². The number of piperidine rings is 1. The highest BCUT2D eigenvalue weighted by Crippen LogP contribution is 2.33. The Hall–Kier alpha value is -1.06. The molecule has 1 saturated heterocycles. The Kier molecular flexibility index (Phi) is 2.93. The molecule has 0 unspecified atom stereocenters. The summed E-state index contributed by atoms with van der Waals surface area (Å²) < 4.78 is 0. The van der Waals surface area contributed by atoms with Crippen molar-refractivity contribution in [3.63, 3.8) is 0 Å². The van der Waals surface area contributed by atoms with Crippen LogP contribution in [0.3, 0.4) is 0 Å². The monoisotopic (exact) mass is 211 g/mol. The molecule has 0 radical (unpaired) electrons. The fourth-order valence-corrected chi connectivity index (χ4v) is 2.07. The molecule has 4 nitrogen and oxygen atoms in total. The van der Waals surface area contributed by atoms with Gasteiger partial charge in [0.25, 0.3) is 0 Å². The van der Waals surface area contributed by atoms with Crippen molar-refractivity contribution in [2.45, 2.75) is 32.1 Å². The highest BCUT2D eigenvalue weighted by molar-refractivity contribution is 5.77. The van der Waals surface area contributed by atoms with E-state index in [2.05, 4.69) is 0 Å². The first-order valence-electron chi connectivity index (χ1n) is 5.67. The summed E-state index contributed by atoms with van der Waals surface area (Å²) in [7, 11) is 0. The molecule has 84 valence electrons. The fourth-order valence-electron chi connectivity index (χ4n) is 2.07. The normalized spacial score (nSPS) is 22.8. The van der Waals surface area contributed by atoms with Crippen LogP contribution in [0.2, 0.25) is 0 Å². The van der Waals surface area contributed by atoms with Crippen LogP contribution in [-0.4, -0.2) is 35.0 Å². The van der Waals surface area contributed by atoms with Crippen molar-refractivity contribution in [3.05, 3.63) is 0 Å². The van der Waals surface area contributed by atoms with E-state index >= 15 is 0 Å². The van der Waals surface area contributed by atoms with Crippen LogP contribution in [-0.2, 0) is 9.59 Å². The maximum Gasteiger partial charge on any atom is 0.306 e. The lowest BCUT2D eigenvalue weighted by Crippen LogP contribution is -2.40. The zero-order valence-corrected chi connectivity index (χ0v) is 8.82. The van der Waals surface area contributed by atoms with Gasteiger partial charge in [-0.25, -0.2) is 0 Å². The molecule has 1 amide bonds. The minimum absolute atomic E-state index is 0.223. The lowest BCUT2D eigenvalue weighted by molar-refractivity contribution is -0.145. The van der Waals surface area contributed by atoms with Gasteiger partial charge in [-0.1, -0.05) is 0 Å². The summed E-state index contributed by atoms with van der Waals surface area (Å²) >= 11 is 0.